The molecule has 2 rings (SSSR count). The van der Waals surface area contributed by atoms with Gasteiger partial charge in [0.15, 0.2) is 5.78 Å². The molecular formula is C13H16BrN3O3S. The smallest absolute Gasteiger partial charge is 0.261 e. The molecule has 0 amide bonds. The van der Waals surface area contributed by atoms with Gasteiger partial charge in [-0.15, -0.1) is 0 Å². The third-order valence-corrected chi connectivity index (χ3v) is 3.42. The molecule has 0 aliphatic carbocycles. The summed E-state index contributed by atoms with van der Waals surface area (Å²) in [4.78, 5) is 15.1. The van der Waals surface area contributed by atoms with E-state index >= 15 is 0 Å². The third-order valence-electron chi connectivity index (χ3n) is 2.81. The Bertz CT molecular complexity index is 723. The summed E-state index contributed by atoms with van der Waals surface area (Å²) in [5.74, 6) is 0.780. The Kier molecular flexibility index (Phi) is 5.68. The second-order valence-electron chi connectivity index (χ2n) is 4.57. The lowest BCUT2D eigenvalue weighted by Crippen LogP contribution is -3.00. The molecule has 0 fully saturated rings. The van der Waals surface area contributed by atoms with Gasteiger partial charge in [-0.1, -0.05) is 0 Å². The number of carbonyl (C=O) groups excluding carboxylic acids is 1. The normalized spacial score (nSPS) is 10.8. The van der Waals surface area contributed by atoms with Crippen LogP contribution in [0.5, 0.6) is 0 Å². The number of anilines is 1. The van der Waals surface area contributed by atoms with Crippen LogP contribution in [0, 0.1) is 0 Å². The number of Topliss-reactive ketones (excluding diaryl/α,β-unsaturated/α-hetero) is 1. The van der Waals surface area contributed by atoms with Gasteiger partial charge in [0.25, 0.3) is 5.82 Å². The molecule has 0 aliphatic rings. The summed E-state index contributed by atoms with van der Waals surface area (Å²) >= 11 is 0. The van der Waals surface area contributed by atoms with Crippen LogP contribution >= 0.6 is 0 Å². The van der Waals surface area contributed by atoms with E-state index in [0.717, 1.165) is 12.1 Å². The van der Waals surface area contributed by atoms with Gasteiger partial charge in [-0.2, -0.15) is 0 Å². The molecule has 0 bridgehead atoms. The summed E-state index contributed by atoms with van der Waals surface area (Å²) in [6, 6.07) is 6.36. The number of carbonyl (C=O) groups is 1. The average Bonchev–Trinajstić information content (AvgIpc) is 2.74. The number of hydrogen-bond donors (Lipinski definition) is 2. The highest BCUT2D eigenvalue weighted by Gasteiger charge is 2.14. The van der Waals surface area contributed by atoms with Crippen molar-refractivity contribution >= 4 is 21.5 Å². The highest BCUT2D eigenvalue weighted by molar-refractivity contribution is 7.92. The number of imidazole rings is 1. The van der Waals surface area contributed by atoms with Crippen molar-refractivity contribution in [2.24, 2.45) is 7.05 Å². The van der Waals surface area contributed by atoms with E-state index < -0.39 is 10.0 Å². The Labute approximate surface area is 134 Å². The van der Waals surface area contributed by atoms with Crippen LogP contribution in [-0.2, 0) is 23.5 Å². The molecule has 8 heteroatoms. The highest BCUT2D eigenvalue weighted by Crippen LogP contribution is 2.12. The van der Waals surface area contributed by atoms with Crippen molar-refractivity contribution in [2.75, 3.05) is 11.0 Å². The fraction of sp³-hybridized carbons (Fsp3) is 0.231. The first-order valence-corrected chi connectivity index (χ1v) is 7.87. The van der Waals surface area contributed by atoms with Crippen LogP contribution in [0.3, 0.4) is 0 Å². The summed E-state index contributed by atoms with van der Waals surface area (Å²) in [6.07, 6.45) is 4.95. The Hall–Kier alpha value is -1.67. The summed E-state index contributed by atoms with van der Waals surface area (Å²) in [5, 5.41) is 0. The lowest BCUT2D eigenvalue weighted by atomic mass is 10.1. The molecule has 1 heterocycles. The Morgan fingerprint density at radius 1 is 1.29 bits per heavy atom. The minimum absolute atomic E-state index is 0. The van der Waals surface area contributed by atoms with Crippen LogP contribution in [0.2, 0.25) is 0 Å². The molecule has 6 nitrogen and oxygen atoms in total. The van der Waals surface area contributed by atoms with Crippen molar-refractivity contribution in [3.8, 4) is 0 Å². The highest BCUT2D eigenvalue weighted by atomic mass is 79.9. The van der Waals surface area contributed by atoms with E-state index in [1.165, 1.54) is 0 Å². The molecule has 2 N–H and O–H groups in total. The molecule has 0 saturated heterocycles. The first kappa shape index (κ1) is 17.4. The number of rotatable bonds is 5. The summed E-state index contributed by atoms with van der Waals surface area (Å²) in [6.45, 7) is 0. The van der Waals surface area contributed by atoms with Gasteiger partial charge in [0.1, 0.15) is 18.8 Å². The lowest BCUT2D eigenvalue weighted by Gasteiger charge is -2.04. The molecule has 0 atom stereocenters. The zero-order valence-electron chi connectivity index (χ0n) is 11.6. The van der Waals surface area contributed by atoms with E-state index in [-0.39, 0.29) is 29.2 Å². The number of nitrogens with zero attached hydrogens (tertiary/aromatic N) is 1. The molecule has 1 aromatic carbocycles. The van der Waals surface area contributed by atoms with E-state index in [9.17, 15) is 13.2 Å². The molecular weight excluding hydrogens is 358 g/mol. The number of ketones is 1. The number of aromatic amines is 1. The summed E-state index contributed by atoms with van der Waals surface area (Å²) < 4.78 is 26.4. The van der Waals surface area contributed by atoms with E-state index in [4.69, 9.17) is 0 Å². The SMILES string of the molecule is C[n+]1cc[nH]c1CC(=O)c1ccc(NS(C)(=O)=O)cc1.[Br-]. The number of sulfonamides is 1. The topological polar surface area (TPSA) is 82.9 Å². The maximum Gasteiger partial charge on any atom is 0.261 e. The van der Waals surface area contributed by atoms with Gasteiger partial charge >= 0.3 is 0 Å². The van der Waals surface area contributed by atoms with E-state index in [2.05, 4.69) is 9.71 Å². The second kappa shape index (κ2) is 6.86. The molecule has 2 aromatic rings. The Morgan fingerprint density at radius 3 is 2.38 bits per heavy atom. The fourth-order valence-corrected chi connectivity index (χ4v) is 2.37. The summed E-state index contributed by atoms with van der Waals surface area (Å²) in [7, 11) is -1.44. The standard InChI is InChI=1S/C13H15N3O3S.BrH/c1-16-8-7-14-13(16)9-12(17)10-3-5-11(6-4-10)15-20(2,18)19;/h3-8H,9H2,1-2H3,(H,15,17);1H. The molecule has 0 saturated carbocycles. The number of benzene rings is 1. The molecule has 114 valence electrons. The zero-order chi connectivity index (χ0) is 14.8. The second-order valence-corrected chi connectivity index (χ2v) is 6.32. The number of hydrogen-bond acceptors (Lipinski definition) is 3. The van der Waals surface area contributed by atoms with Gasteiger partial charge in [-0.25, -0.2) is 18.0 Å². The molecule has 0 aliphatic heterocycles. The van der Waals surface area contributed by atoms with Gasteiger partial charge in [-0.3, -0.25) is 9.52 Å². The van der Waals surface area contributed by atoms with Crippen molar-refractivity contribution in [1.29, 1.82) is 0 Å². The predicted molar refractivity (Wildman–Crippen MR) is 74.9 cm³/mol. The first-order chi connectivity index (χ1) is 9.35. The van der Waals surface area contributed by atoms with Gasteiger partial charge in [0.2, 0.25) is 10.0 Å². The molecule has 0 spiro atoms. The van der Waals surface area contributed by atoms with Crippen LogP contribution < -0.4 is 26.3 Å². The van der Waals surface area contributed by atoms with Gasteiger partial charge in [0, 0.05) is 11.3 Å². The van der Waals surface area contributed by atoms with Crippen molar-refractivity contribution < 1.29 is 34.8 Å². The minimum Gasteiger partial charge on any atom is -1.00 e. The molecule has 1 aromatic heterocycles. The molecule has 0 unspecified atom stereocenters. The van der Waals surface area contributed by atoms with Crippen molar-refractivity contribution in [1.82, 2.24) is 4.98 Å². The van der Waals surface area contributed by atoms with Crippen LogP contribution in [0.25, 0.3) is 0 Å². The number of aryl methyl sites for hydroxylation is 1. The monoisotopic (exact) mass is 373 g/mol. The van der Waals surface area contributed by atoms with Gasteiger partial charge in [0.05, 0.1) is 13.3 Å². The predicted octanol–water partition coefficient (Wildman–Crippen LogP) is -2.36. The Morgan fingerprint density at radius 2 is 1.90 bits per heavy atom. The first-order valence-electron chi connectivity index (χ1n) is 5.98. The van der Waals surface area contributed by atoms with Crippen LogP contribution in [0.1, 0.15) is 16.2 Å². The molecule has 21 heavy (non-hydrogen) atoms. The number of H-pyrrole nitrogens is 1. The summed E-state index contributed by atoms with van der Waals surface area (Å²) in [5.41, 5.74) is 0.980. The van der Waals surface area contributed by atoms with E-state index in [1.54, 1.807) is 30.5 Å². The van der Waals surface area contributed by atoms with E-state index in [1.807, 2.05) is 17.8 Å². The average molecular weight is 374 g/mol. The number of aromatic nitrogens is 2. The fourth-order valence-electron chi connectivity index (χ4n) is 1.81. The maximum absolute atomic E-state index is 12.1. The quantitative estimate of drug-likeness (QED) is 0.454. The van der Waals surface area contributed by atoms with Crippen LogP contribution in [-0.4, -0.2) is 25.4 Å². The number of halogens is 1. The third kappa shape index (κ3) is 4.98. The van der Waals surface area contributed by atoms with Crippen molar-refractivity contribution in [3.05, 3.63) is 48.0 Å². The van der Waals surface area contributed by atoms with Crippen LogP contribution in [0.15, 0.2) is 36.7 Å². The minimum atomic E-state index is -3.30. The van der Waals surface area contributed by atoms with Crippen molar-refractivity contribution in [3.63, 3.8) is 0 Å². The zero-order valence-corrected chi connectivity index (χ0v) is 14.0. The largest absolute Gasteiger partial charge is 1.00 e. The van der Waals surface area contributed by atoms with Gasteiger partial charge in [-0.05, 0) is 24.3 Å². The van der Waals surface area contributed by atoms with Crippen LogP contribution in [0.4, 0.5) is 5.69 Å². The Balaban J connectivity index is 0.00000220. The molecule has 0 radical (unpaired) electrons. The van der Waals surface area contributed by atoms with Gasteiger partial charge < -0.3 is 17.0 Å². The number of nitrogens with one attached hydrogen (secondary N) is 2. The van der Waals surface area contributed by atoms with E-state index in [0.29, 0.717) is 11.3 Å². The van der Waals surface area contributed by atoms with Crippen molar-refractivity contribution in [2.45, 2.75) is 6.42 Å². The lowest BCUT2D eigenvalue weighted by molar-refractivity contribution is -0.677. The maximum atomic E-state index is 12.1.